The van der Waals surface area contributed by atoms with E-state index in [0.29, 0.717) is 17.5 Å². The second-order valence-electron chi connectivity index (χ2n) is 15.4. The smallest absolute Gasteiger partial charge is 0.165 e. The van der Waals surface area contributed by atoms with Crippen molar-refractivity contribution in [3.63, 3.8) is 0 Å². The molecule has 62 heavy (non-hydrogen) atoms. The van der Waals surface area contributed by atoms with Crippen LogP contribution in [0.4, 0.5) is 0 Å². The number of hydrogen-bond donors (Lipinski definition) is 0. The molecule has 0 radical (unpaired) electrons. The molecule has 0 unspecified atom stereocenters. The highest BCUT2D eigenvalue weighted by Crippen LogP contribution is 2.41. The normalized spacial score (nSPS) is 12.1. The zero-order valence-corrected chi connectivity index (χ0v) is 34.3. The summed E-state index contributed by atoms with van der Waals surface area (Å²) in [5, 5.41) is 4.83. The van der Waals surface area contributed by atoms with E-state index in [9.17, 15) is 0 Å². The quantitative estimate of drug-likeness (QED) is 0.144. The highest BCUT2D eigenvalue weighted by molar-refractivity contribution is 6.17. The molecule has 0 saturated heterocycles. The van der Waals surface area contributed by atoms with Crippen LogP contribution in [0.25, 0.3) is 111 Å². The van der Waals surface area contributed by atoms with Crippen molar-refractivity contribution in [1.29, 1.82) is 0 Å². The molecule has 11 rings (SSSR count). The van der Waals surface area contributed by atoms with Crippen LogP contribution in [0, 0.1) is 0 Å². The maximum absolute atomic E-state index is 4.97. The van der Waals surface area contributed by atoms with E-state index in [0.717, 1.165) is 50.2 Å². The molecule has 4 heterocycles. The standard InChI is InChI=1S/C56H40N6/c1-3-17-43(4-2)61-50-28-14-12-25-47(50)53-45(26-16-29-52(53)61)40-22-15-23-44(33-40)62-49-27-13-11-24-46(49)48-34-39(30-31-51(48)62)41-32-42(36-57-35-41)56-59-54(37-18-7-5-8-19-37)58-55(60-56)38-20-9-6-10-21-38/h3-36H,1-2H3/b17-3-,43-4+. The summed E-state index contributed by atoms with van der Waals surface area (Å²) in [7, 11) is 0. The van der Waals surface area contributed by atoms with Crippen LogP contribution in [0.2, 0.25) is 0 Å². The number of fused-ring (bicyclic) bond motifs is 6. The van der Waals surface area contributed by atoms with Gasteiger partial charge in [-0.05, 0) is 85.1 Å². The lowest BCUT2D eigenvalue weighted by atomic mass is 9.99. The average molecular weight is 797 g/mol. The van der Waals surface area contributed by atoms with Gasteiger partial charge in [-0.15, -0.1) is 0 Å². The number of rotatable bonds is 8. The number of pyridine rings is 1. The van der Waals surface area contributed by atoms with E-state index in [1.165, 1.54) is 43.7 Å². The van der Waals surface area contributed by atoms with E-state index < -0.39 is 0 Å². The summed E-state index contributed by atoms with van der Waals surface area (Å²) in [5.41, 5.74) is 14.0. The van der Waals surface area contributed by atoms with Gasteiger partial charge in [-0.3, -0.25) is 4.98 Å². The maximum atomic E-state index is 4.97. The topological polar surface area (TPSA) is 61.4 Å². The maximum Gasteiger partial charge on any atom is 0.165 e. The molecular formula is C56H40N6. The number of para-hydroxylation sites is 2. The third-order valence-electron chi connectivity index (χ3n) is 11.7. The summed E-state index contributed by atoms with van der Waals surface area (Å²) >= 11 is 0. The summed E-state index contributed by atoms with van der Waals surface area (Å²) in [6.45, 7) is 4.17. The monoisotopic (exact) mass is 796 g/mol. The van der Waals surface area contributed by atoms with Crippen LogP contribution >= 0.6 is 0 Å². The van der Waals surface area contributed by atoms with Crippen LogP contribution < -0.4 is 0 Å². The third kappa shape index (κ3) is 6.28. The molecular weight excluding hydrogens is 757 g/mol. The summed E-state index contributed by atoms with van der Waals surface area (Å²) in [5.74, 6) is 1.81. The van der Waals surface area contributed by atoms with E-state index in [-0.39, 0.29) is 0 Å². The zero-order valence-electron chi connectivity index (χ0n) is 34.3. The SMILES string of the molecule is C/C=C\C(=C/C)n1c2ccccc2c2c(-c3cccc(-n4c5ccccc5c5cc(-c6cncc(-c7nc(-c8ccccc8)nc(-c8ccccc8)n7)c6)ccc54)c3)cccc21. The summed E-state index contributed by atoms with van der Waals surface area (Å²) in [4.78, 5) is 19.6. The molecule has 0 bridgehead atoms. The highest BCUT2D eigenvalue weighted by Gasteiger charge is 2.19. The lowest BCUT2D eigenvalue weighted by Gasteiger charge is -2.12. The first kappa shape index (κ1) is 36.8. The van der Waals surface area contributed by atoms with Gasteiger partial charge in [0, 0.05) is 67.6 Å². The van der Waals surface area contributed by atoms with Crippen molar-refractivity contribution in [2.45, 2.75) is 13.8 Å². The zero-order chi connectivity index (χ0) is 41.6. The Bertz CT molecular complexity index is 3480. The van der Waals surface area contributed by atoms with E-state index in [1.807, 2.05) is 73.1 Å². The van der Waals surface area contributed by atoms with Gasteiger partial charge in [0.2, 0.25) is 0 Å². The van der Waals surface area contributed by atoms with Crippen molar-refractivity contribution in [3.05, 3.63) is 207 Å². The molecule has 0 aliphatic carbocycles. The molecule has 0 aliphatic rings. The van der Waals surface area contributed by atoms with E-state index in [1.54, 1.807) is 0 Å². The van der Waals surface area contributed by atoms with E-state index in [2.05, 4.69) is 156 Å². The molecule has 7 aromatic carbocycles. The fraction of sp³-hybridized carbons (Fsp3) is 0.0357. The van der Waals surface area contributed by atoms with Crippen molar-refractivity contribution >= 4 is 49.3 Å². The van der Waals surface area contributed by atoms with E-state index in [4.69, 9.17) is 19.9 Å². The lowest BCUT2D eigenvalue weighted by Crippen LogP contribution is -2.00. The molecule has 294 valence electrons. The van der Waals surface area contributed by atoms with Crippen LogP contribution in [0.15, 0.2) is 207 Å². The molecule has 0 atom stereocenters. The Morgan fingerprint density at radius 2 is 1.03 bits per heavy atom. The van der Waals surface area contributed by atoms with Gasteiger partial charge in [0.1, 0.15) is 0 Å². The minimum absolute atomic E-state index is 0.574. The average Bonchev–Trinajstić information content (AvgIpc) is 3.86. The molecule has 0 aliphatic heterocycles. The van der Waals surface area contributed by atoms with Gasteiger partial charge < -0.3 is 9.13 Å². The Morgan fingerprint density at radius 3 is 1.76 bits per heavy atom. The Balaban J connectivity index is 1.02. The second-order valence-corrected chi connectivity index (χ2v) is 15.4. The first-order chi connectivity index (χ1) is 30.7. The van der Waals surface area contributed by atoms with Gasteiger partial charge >= 0.3 is 0 Å². The van der Waals surface area contributed by atoms with Crippen molar-refractivity contribution in [2.75, 3.05) is 0 Å². The number of hydrogen-bond acceptors (Lipinski definition) is 4. The fourth-order valence-corrected chi connectivity index (χ4v) is 8.91. The van der Waals surface area contributed by atoms with Gasteiger partial charge in [0.05, 0.1) is 22.1 Å². The van der Waals surface area contributed by atoms with E-state index >= 15 is 0 Å². The van der Waals surface area contributed by atoms with Gasteiger partial charge in [-0.2, -0.15) is 0 Å². The number of aromatic nitrogens is 6. The Labute approximate surface area is 359 Å². The van der Waals surface area contributed by atoms with Crippen molar-refractivity contribution < 1.29 is 0 Å². The molecule has 11 aromatic rings. The van der Waals surface area contributed by atoms with Crippen molar-refractivity contribution in [1.82, 2.24) is 29.1 Å². The predicted molar refractivity (Wildman–Crippen MR) is 257 cm³/mol. The second kappa shape index (κ2) is 15.4. The van der Waals surface area contributed by atoms with Crippen LogP contribution in [-0.4, -0.2) is 29.1 Å². The van der Waals surface area contributed by atoms with Gasteiger partial charge in [-0.25, -0.2) is 15.0 Å². The van der Waals surface area contributed by atoms with Gasteiger partial charge in [0.15, 0.2) is 17.5 Å². The molecule has 0 fully saturated rings. The number of nitrogens with zero attached hydrogens (tertiary/aromatic N) is 6. The Kier molecular flexibility index (Phi) is 9.16. The Morgan fingerprint density at radius 1 is 0.435 bits per heavy atom. The number of benzene rings is 7. The molecule has 0 amide bonds. The predicted octanol–water partition coefficient (Wildman–Crippen LogP) is 14.2. The highest BCUT2D eigenvalue weighted by atomic mass is 15.0. The molecule has 0 N–H and O–H groups in total. The molecule has 6 heteroatoms. The minimum atomic E-state index is 0.574. The van der Waals surface area contributed by atoms with Crippen molar-refractivity contribution in [2.24, 2.45) is 0 Å². The largest absolute Gasteiger partial charge is 0.310 e. The molecule has 4 aromatic heterocycles. The third-order valence-corrected chi connectivity index (χ3v) is 11.7. The summed E-state index contributed by atoms with van der Waals surface area (Å²) < 4.78 is 4.77. The van der Waals surface area contributed by atoms with Gasteiger partial charge in [-0.1, -0.05) is 140 Å². The first-order valence-corrected chi connectivity index (χ1v) is 20.9. The molecule has 0 saturated carbocycles. The minimum Gasteiger partial charge on any atom is -0.310 e. The first-order valence-electron chi connectivity index (χ1n) is 20.9. The Hall–Kier alpha value is -8.22. The number of allylic oxidation sites excluding steroid dienone is 4. The van der Waals surface area contributed by atoms with Crippen LogP contribution in [0.3, 0.4) is 0 Å². The summed E-state index contributed by atoms with van der Waals surface area (Å²) in [6, 6.07) is 62.0. The summed E-state index contributed by atoms with van der Waals surface area (Å²) in [6.07, 6.45) is 10.2. The van der Waals surface area contributed by atoms with Gasteiger partial charge in [0.25, 0.3) is 0 Å². The van der Waals surface area contributed by atoms with Crippen LogP contribution in [0.1, 0.15) is 13.8 Å². The van der Waals surface area contributed by atoms with Crippen molar-refractivity contribution in [3.8, 4) is 62.1 Å². The fourth-order valence-electron chi connectivity index (χ4n) is 8.91. The molecule has 0 spiro atoms. The van der Waals surface area contributed by atoms with Crippen LogP contribution in [0.5, 0.6) is 0 Å². The van der Waals surface area contributed by atoms with Crippen LogP contribution in [-0.2, 0) is 0 Å². The lowest BCUT2D eigenvalue weighted by molar-refractivity contribution is 1.07. The molecule has 6 nitrogen and oxygen atoms in total.